The summed E-state index contributed by atoms with van der Waals surface area (Å²) in [5.41, 5.74) is 5.73. The van der Waals surface area contributed by atoms with Crippen LogP contribution in [0.25, 0.3) is 0 Å². The van der Waals surface area contributed by atoms with Crippen LogP contribution in [0.5, 0.6) is 11.5 Å². The van der Waals surface area contributed by atoms with Crippen LogP contribution in [0.2, 0.25) is 0 Å². The van der Waals surface area contributed by atoms with Crippen molar-refractivity contribution in [2.24, 2.45) is 11.7 Å². The van der Waals surface area contributed by atoms with Gasteiger partial charge in [0.2, 0.25) is 11.8 Å². The summed E-state index contributed by atoms with van der Waals surface area (Å²) in [6.45, 7) is 0.332. The molecule has 1 saturated heterocycles. The van der Waals surface area contributed by atoms with Crippen molar-refractivity contribution in [1.82, 2.24) is 4.90 Å². The van der Waals surface area contributed by atoms with Crippen molar-refractivity contribution in [3.05, 3.63) is 48.5 Å². The molecular weight excluding hydrogens is 434 g/mol. The smallest absolute Gasteiger partial charge is 0.264 e. The van der Waals surface area contributed by atoms with Gasteiger partial charge in [0.05, 0.1) is 24.8 Å². The van der Waals surface area contributed by atoms with E-state index in [1.807, 2.05) is 0 Å². The lowest BCUT2D eigenvalue weighted by Crippen LogP contribution is -2.47. The Labute approximate surface area is 187 Å². The second-order valence-electron chi connectivity index (χ2n) is 7.42. The van der Waals surface area contributed by atoms with E-state index in [-0.39, 0.29) is 34.9 Å². The van der Waals surface area contributed by atoms with Crippen LogP contribution in [0.3, 0.4) is 0 Å². The Kier molecular flexibility index (Phi) is 7.24. The van der Waals surface area contributed by atoms with E-state index < -0.39 is 10.0 Å². The fourth-order valence-corrected chi connectivity index (χ4v) is 5.08. The molecule has 9 nitrogen and oxygen atoms in total. The van der Waals surface area contributed by atoms with Crippen LogP contribution >= 0.6 is 0 Å². The van der Waals surface area contributed by atoms with Gasteiger partial charge >= 0.3 is 0 Å². The van der Waals surface area contributed by atoms with Gasteiger partial charge in [-0.2, -0.15) is 0 Å². The van der Waals surface area contributed by atoms with Crippen molar-refractivity contribution in [3.63, 3.8) is 0 Å². The van der Waals surface area contributed by atoms with Gasteiger partial charge in [-0.3, -0.25) is 13.9 Å². The maximum absolute atomic E-state index is 13.6. The molecule has 1 heterocycles. The predicted molar refractivity (Wildman–Crippen MR) is 119 cm³/mol. The van der Waals surface area contributed by atoms with Crippen LogP contribution in [0.1, 0.15) is 12.8 Å². The summed E-state index contributed by atoms with van der Waals surface area (Å²) in [5, 5.41) is 0. The molecule has 2 amide bonds. The highest BCUT2D eigenvalue weighted by atomic mass is 32.2. The number of sulfonamides is 1. The minimum atomic E-state index is -4.09. The molecule has 0 atom stereocenters. The number of hydrogen-bond acceptors (Lipinski definition) is 6. The normalized spacial score (nSPS) is 14.6. The summed E-state index contributed by atoms with van der Waals surface area (Å²) in [4.78, 5) is 26.0. The van der Waals surface area contributed by atoms with Crippen LogP contribution < -0.4 is 19.5 Å². The largest absolute Gasteiger partial charge is 0.493 e. The lowest BCUT2D eigenvalue weighted by molar-refractivity contribution is -0.133. The molecule has 1 aliphatic heterocycles. The number of benzene rings is 2. The zero-order valence-electron chi connectivity index (χ0n) is 18.1. The van der Waals surface area contributed by atoms with Gasteiger partial charge in [0.25, 0.3) is 10.0 Å². The molecule has 3 rings (SSSR count). The topological polar surface area (TPSA) is 119 Å². The highest BCUT2D eigenvalue weighted by Gasteiger charge is 2.32. The number of carbonyl (C=O) groups excluding carboxylic acids is 2. The first kappa shape index (κ1) is 23.4. The number of amides is 2. The van der Waals surface area contributed by atoms with Gasteiger partial charge in [0.15, 0.2) is 11.5 Å². The summed E-state index contributed by atoms with van der Waals surface area (Å²) in [7, 11) is -1.21. The Balaban J connectivity index is 1.90. The molecule has 0 spiro atoms. The monoisotopic (exact) mass is 461 g/mol. The van der Waals surface area contributed by atoms with E-state index in [4.69, 9.17) is 15.2 Å². The molecule has 172 valence electrons. The molecule has 0 unspecified atom stereocenters. The zero-order valence-corrected chi connectivity index (χ0v) is 18.9. The quantitative estimate of drug-likeness (QED) is 0.638. The minimum absolute atomic E-state index is 0.0285. The van der Waals surface area contributed by atoms with Crippen molar-refractivity contribution in [2.45, 2.75) is 17.7 Å². The molecule has 1 aliphatic rings. The van der Waals surface area contributed by atoms with Crippen molar-refractivity contribution >= 4 is 27.5 Å². The Bertz CT molecular complexity index is 1070. The minimum Gasteiger partial charge on any atom is -0.493 e. The number of rotatable bonds is 8. The number of hydrogen-bond donors (Lipinski definition) is 1. The van der Waals surface area contributed by atoms with Crippen molar-refractivity contribution in [1.29, 1.82) is 0 Å². The van der Waals surface area contributed by atoms with Gasteiger partial charge in [-0.25, -0.2) is 8.42 Å². The van der Waals surface area contributed by atoms with E-state index in [9.17, 15) is 18.0 Å². The first-order valence-corrected chi connectivity index (χ1v) is 11.6. The molecule has 0 aromatic heterocycles. The second kappa shape index (κ2) is 9.90. The molecule has 32 heavy (non-hydrogen) atoms. The Morgan fingerprint density at radius 3 is 2.22 bits per heavy atom. The second-order valence-corrected chi connectivity index (χ2v) is 9.28. The Morgan fingerprint density at radius 1 is 1.03 bits per heavy atom. The van der Waals surface area contributed by atoms with Gasteiger partial charge in [0, 0.05) is 25.1 Å². The van der Waals surface area contributed by atoms with Crippen LogP contribution in [0, 0.1) is 5.92 Å². The maximum atomic E-state index is 13.6. The van der Waals surface area contributed by atoms with Crippen LogP contribution in [0.15, 0.2) is 53.4 Å². The number of likely N-dealkylation sites (tertiary alicyclic amines) is 1. The van der Waals surface area contributed by atoms with E-state index in [1.54, 1.807) is 35.2 Å². The van der Waals surface area contributed by atoms with Crippen molar-refractivity contribution < 1.29 is 27.5 Å². The van der Waals surface area contributed by atoms with E-state index >= 15 is 0 Å². The standard InChI is InChI=1S/C22H27N3O6S/c1-30-19-9-8-18(14-20(19)31-2)32(28,29)25(17-6-4-3-5-7-17)15-21(26)24-12-10-16(11-13-24)22(23)27/h3-9,14,16H,10-13,15H2,1-2H3,(H2,23,27). The molecule has 10 heteroatoms. The molecule has 2 N–H and O–H groups in total. The lowest BCUT2D eigenvalue weighted by Gasteiger charge is -2.33. The van der Waals surface area contributed by atoms with Crippen molar-refractivity contribution in [3.8, 4) is 11.5 Å². The molecular formula is C22H27N3O6S. The lowest BCUT2D eigenvalue weighted by atomic mass is 9.96. The summed E-state index contributed by atoms with van der Waals surface area (Å²) >= 11 is 0. The molecule has 2 aromatic carbocycles. The molecule has 2 aromatic rings. The molecule has 1 fully saturated rings. The number of carbonyl (C=O) groups is 2. The zero-order chi connectivity index (χ0) is 23.3. The summed E-state index contributed by atoms with van der Waals surface area (Å²) in [6.07, 6.45) is 0.934. The fourth-order valence-electron chi connectivity index (χ4n) is 3.65. The van der Waals surface area contributed by atoms with Gasteiger partial charge in [-0.05, 0) is 37.1 Å². The van der Waals surface area contributed by atoms with Gasteiger partial charge in [-0.1, -0.05) is 18.2 Å². The van der Waals surface area contributed by atoms with Gasteiger partial charge < -0.3 is 20.1 Å². The van der Waals surface area contributed by atoms with Gasteiger partial charge in [-0.15, -0.1) is 0 Å². The third-order valence-electron chi connectivity index (χ3n) is 5.52. The van der Waals surface area contributed by atoms with Crippen LogP contribution in [0.4, 0.5) is 5.69 Å². The first-order chi connectivity index (χ1) is 15.3. The Morgan fingerprint density at radius 2 is 1.66 bits per heavy atom. The molecule has 0 bridgehead atoms. The van der Waals surface area contributed by atoms with E-state index in [1.165, 1.54) is 32.4 Å². The average Bonchev–Trinajstić information content (AvgIpc) is 2.82. The average molecular weight is 462 g/mol. The number of anilines is 1. The van der Waals surface area contributed by atoms with E-state index in [0.29, 0.717) is 37.4 Å². The SMILES string of the molecule is COc1ccc(S(=O)(=O)N(CC(=O)N2CCC(C(N)=O)CC2)c2ccccc2)cc1OC. The van der Waals surface area contributed by atoms with Crippen LogP contribution in [-0.2, 0) is 19.6 Å². The maximum Gasteiger partial charge on any atom is 0.264 e. The van der Waals surface area contributed by atoms with Crippen LogP contribution in [-0.4, -0.2) is 59.0 Å². The summed E-state index contributed by atoms with van der Waals surface area (Å²) < 4.78 is 38.6. The number of nitrogens with two attached hydrogens (primary N) is 1. The molecule has 0 radical (unpaired) electrons. The van der Waals surface area contributed by atoms with Gasteiger partial charge in [0.1, 0.15) is 6.54 Å². The van der Waals surface area contributed by atoms with E-state index in [0.717, 1.165) is 4.31 Å². The third-order valence-corrected chi connectivity index (χ3v) is 7.29. The molecule has 0 aliphatic carbocycles. The fraction of sp³-hybridized carbons (Fsp3) is 0.364. The predicted octanol–water partition coefficient (Wildman–Crippen LogP) is 1.62. The Hall–Kier alpha value is -3.27. The van der Waals surface area contributed by atoms with E-state index in [2.05, 4.69) is 0 Å². The number of nitrogens with zero attached hydrogens (tertiary/aromatic N) is 2. The summed E-state index contributed by atoms with van der Waals surface area (Å²) in [6, 6.07) is 12.7. The first-order valence-electron chi connectivity index (χ1n) is 10.1. The number of methoxy groups -OCH3 is 2. The highest BCUT2D eigenvalue weighted by molar-refractivity contribution is 7.92. The van der Waals surface area contributed by atoms with Crippen molar-refractivity contribution in [2.75, 3.05) is 38.2 Å². The highest BCUT2D eigenvalue weighted by Crippen LogP contribution is 2.32. The number of piperidine rings is 1. The number of ether oxygens (including phenoxy) is 2. The molecule has 0 saturated carbocycles. The summed E-state index contributed by atoms with van der Waals surface area (Å²) in [5.74, 6) is -0.327. The number of primary amides is 1. The third kappa shape index (κ3) is 4.96. The number of para-hydroxylation sites is 1.